The zero-order valence-electron chi connectivity index (χ0n) is 11.5. The van der Waals surface area contributed by atoms with E-state index in [0.29, 0.717) is 13.2 Å². The lowest BCUT2D eigenvalue weighted by Crippen LogP contribution is -2.50. The van der Waals surface area contributed by atoms with Crippen LogP contribution in [0.4, 0.5) is 4.79 Å². The molecule has 0 bridgehead atoms. The first kappa shape index (κ1) is 15.2. The summed E-state index contributed by atoms with van der Waals surface area (Å²) in [5.74, 6) is 0. The van der Waals surface area contributed by atoms with Crippen LogP contribution in [-0.2, 0) is 9.47 Å². The van der Waals surface area contributed by atoms with Crippen molar-refractivity contribution < 1.29 is 14.3 Å². The molecule has 1 rings (SSSR count). The molecule has 1 aliphatic rings. The number of amides is 1. The summed E-state index contributed by atoms with van der Waals surface area (Å²) in [7, 11) is 0. The Morgan fingerprint density at radius 1 is 1.39 bits per heavy atom. The number of alkyl carbamates (subject to hydrolysis) is 1. The van der Waals surface area contributed by atoms with Gasteiger partial charge in [0.1, 0.15) is 10.6 Å². The molecule has 1 heterocycles. The van der Waals surface area contributed by atoms with Gasteiger partial charge >= 0.3 is 6.09 Å². The smallest absolute Gasteiger partial charge is 0.408 e. The number of nitrogens with one attached hydrogen (secondary N) is 1. The number of rotatable bonds is 2. The van der Waals surface area contributed by atoms with E-state index in [1.165, 1.54) is 0 Å². The Labute approximate surface area is 114 Å². The molecule has 104 valence electrons. The fraction of sp³-hybridized carbons (Fsp3) is 0.833. The number of hydrogen-bond donors (Lipinski definition) is 1. The van der Waals surface area contributed by atoms with Crippen LogP contribution in [0.25, 0.3) is 0 Å². The minimum absolute atomic E-state index is 0.215. The monoisotopic (exact) mass is 274 g/mol. The van der Waals surface area contributed by atoms with Crippen LogP contribution in [0, 0.1) is 0 Å². The van der Waals surface area contributed by atoms with Crippen molar-refractivity contribution >= 4 is 23.3 Å². The van der Waals surface area contributed by atoms with Crippen molar-refractivity contribution in [3.8, 4) is 0 Å². The number of ether oxygens (including phenoxy) is 2. The number of carbonyl (C=O) groups excluding carboxylic acids is 1. The quantitative estimate of drug-likeness (QED) is 0.774. The molecule has 0 saturated carbocycles. The summed E-state index contributed by atoms with van der Waals surface area (Å²) in [6.45, 7) is 10.3. The number of morpholine rings is 1. The van der Waals surface area contributed by atoms with Crippen molar-refractivity contribution in [2.45, 2.75) is 39.3 Å². The maximum absolute atomic E-state index is 11.6. The highest BCUT2D eigenvalue weighted by Gasteiger charge is 2.22. The Morgan fingerprint density at radius 2 is 1.94 bits per heavy atom. The van der Waals surface area contributed by atoms with Gasteiger partial charge in [-0.05, 0) is 27.7 Å². The highest BCUT2D eigenvalue weighted by Crippen LogP contribution is 2.08. The second-order valence-electron chi connectivity index (χ2n) is 5.31. The summed E-state index contributed by atoms with van der Waals surface area (Å²) < 4.78 is 10.5. The van der Waals surface area contributed by atoms with Crippen LogP contribution in [-0.4, -0.2) is 53.9 Å². The molecular formula is C12H22N2O3S. The summed E-state index contributed by atoms with van der Waals surface area (Å²) in [5, 5.41) is 2.75. The Bertz CT molecular complexity index is 309. The second kappa shape index (κ2) is 6.33. The van der Waals surface area contributed by atoms with Gasteiger partial charge in [-0.25, -0.2) is 4.79 Å². The molecule has 1 N–H and O–H groups in total. The predicted octanol–water partition coefficient (Wildman–Crippen LogP) is 1.56. The maximum atomic E-state index is 11.6. The van der Waals surface area contributed by atoms with Crippen molar-refractivity contribution in [2.24, 2.45) is 0 Å². The minimum Gasteiger partial charge on any atom is -0.444 e. The summed E-state index contributed by atoms with van der Waals surface area (Å²) in [4.78, 5) is 14.4. The van der Waals surface area contributed by atoms with Crippen LogP contribution < -0.4 is 5.32 Å². The lowest BCUT2D eigenvalue weighted by atomic mass is 10.2. The van der Waals surface area contributed by atoms with Crippen LogP contribution in [0.1, 0.15) is 27.7 Å². The molecule has 1 aliphatic heterocycles. The van der Waals surface area contributed by atoms with Gasteiger partial charge in [0.25, 0.3) is 0 Å². The summed E-state index contributed by atoms with van der Waals surface area (Å²) in [6, 6.07) is -0.215. The van der Waals surface area contributed by atoms with Gasteiger partial charge in [-0.1, -0.05) is 12.2 Å². The fourth-order valence-electron chi connectivity index (χ4n) is 1.60. The number of thiocarbonyl (C=S) groups is 1. The van der Waals surface area contributed by atoms with E-state index in [9.17, 15) is 4.79 Å². The maximum Gasteiger partial charge on any atom is 0.408 e. The average molecular weight is 274 g/mol. The summed E-state index contributed by atoms with van der Waals surface area (Å²) in [5.41, 5.74) is -0.496. The second-order valence-corrected chi connectivity index (χ2v) is 5.72. The molecule has 0 spiro atoms. The highest BCUT2D eigenvalue weighted by atomic mass is 32.1. The van der Waals surface area contributed by atoms with E-state index in [-0.39, 0.29) is 6.04 Å². The molecule has 0 aromatic heterocycles. The predicted molar refractivity (Wildman–Crippen MR) is 73.8 cm³/mol. The van der Waals surface area contributed by atoms with Gasteiger partial charge in [0.15, 0.2) is 0 Å². The lowest BCUT2D eigenvalue weighted by molar-refractivity contribution is 0.0510. The van der Waals surface area contributed by atoms with E-state index in [4.69, 9.17) is 21.7 Å². The van der Waals surface area contributed by atoms with Crippen LogP contribution in [0.2, 0.25) is 0 Å². The molecule has 0 aromatic carbocycles. The van der Waals surface area contributed by atoms with E-state index < -0.39 is 11.7 Å². The van der Waals surface area contributed by atoms with E-state index >= 15 is 0 Å². The zero-order valence-corrected chi connectivity index (χ0v) is 12.3. The van der Waals surface area contributed by atoms with Crippen molar-refractivity contribution in [2.75, 3.05) is 26.3 Å². The number of carbonyl (C=O) groups is 1. The molecule has 1 saturated heterocycles. The fourth-order valence-corrected chi connectivity index (χ4v) is 1.85. The average Bonchev–Trinajstić information content (AvgIpc) is 2.26. The Kier molecular flexibility index (Phi) is 5.34. The zero-order chi connectivity index (χ0) is 13.8. The molecule has 0 aromatic rings. The molecule has 1 atom stereocenters. The van der Waals surface area contributed by atoms with Crippen molar-refractivity contribution in [1.29, 1.82) is 0 Å². The van der Waals surface area contributed by atoms with Crippen LogP contribution in [0.5, 0.6) is 0 Å². The van der Waals surface area contributed by atoms with Gasteiger partial charge in [-0.2, -0.15) is 0 Å². The standard InChI is InChI=1S/C12H22N2O3S/c1-9(13-11(15)17-12(2,3)4)10(18)14-5-7-16-8-6-14/h9H,5-8H2,1-4H3,(H,13,15). The minimum atomic E-state index is -0.496. The van der Waals surface area contributed by atoms with Gasteiger partial charge in [0.2, 0.25) is 0 Å². The SMILES string of the molecule is CC(NC(=O)OC(C)(C)C)C(=S)N1CCOCC1. The first-order chi connectivity index (χ1) is 8.29. The summed E-state index contributed by atoms with van der Waals surface area (Å²) >= 11 is 5.36. The van der Waals surface area contributed by atoms with Crippen molar-refractivity contribution in [3.05, 3.63) is 0 Å². The third-order valence-electron chi connectivity index (χ3n) is 2.43. The van der Waals surface area contributed by atoms with Crippen LogP contribution in [0.15, 0.2) is 0 Å². The van der Waals surface area contributed by atoms with Crippen LogP contribution >= 0.6 is 12.2 Å². The number of nitrogens with zero attached hydrogens (tertiary/aromatic N) is 1. The Balaban J connectivity index is 2.41. The van der Waals surface area contributed by atoms with Gasteiger partial charge in [-0.15, -0.1) is 0 Å². The molecule has 1 amide bonds. The Morgan fingerprint density at radius 3 is 2.44 bits per heavy atom. The normalized spacial score (nSPS) is 18.1. The first-order valence-electron chi connectivity index (χ1n) is 6.15. The van der Waals surface area contributed by atoms with E-state index in [1.54, 1.807) is 0 Å². The van der Waals surface area contributed by atoms with E-state index in [1.807, 2.05) is 27.7 Å². The number of hydrogen-bond acceptors (Lipinski definition) is 4. The van der Waals surface area contributed by atoms with Gasteiger partial charge in [0.05, 0.1) is 19.3 Å². The Hall–Kier alpha value is -0.880. The highest BCUT2D eigenvalue weighted by molar-refractivity contribution is 7.80. The molecule has 1 fully saturated rings. The summed E-state index contributed by atoms with van der Waals surface area (Å²) in [6.07, 6.45) is -0.439. The molecular weight excluding hydrogens is 252 g/mol. The van der Waals surface area contributed by atoms with E-state index in [2.05, 4.69) is 10.2 Å². The van der Waals surface area contributed by atoms with Crippen molar-refractivity contribution in [3.63, 3.8) is 0 Å². The largest absolute Gasteiger partial charge is 0.444 e. The molecule has 0 aliphatic carbocycles. The van der Waals surface area contributed by atoms with Gasteiger partial charge < -0.3 is 19.7 Å². The molecule has 5 nitrogen and oxygen atoms in total. The van der Waals surface area contributed by atoms with E-state index in [0.717, 1.165) is 18.1 Å². The van der Waals surface area contributed by atoms with Crippen LogP contribution in [0.3, 0.4) is 0 Å². The van der Waals surface area contributed by atoms with Gasteiger partial charge in [-0.3, -0.25) is 0 Å². The molecule has 6 heteroatoms. The lowest BCUT2D eigenvalue weighted by Gasteiger charge is -2.32. The molecule has 1 unspecified atom stereocenters. The van der Waals surface area contributed by atoms with Crippen molar-refractivity contribution in [1.82, 2.24) is 10.2 Å². The third kappa shape index (κ3) is 5.18. The first-order valence-corrected chi connectivity index (χ1v) is 6.56. The topological polar surface area (TPSA) is 50.8 Å². The molecule has 0 radical (unpaired) electrons. The third-order valence-corrected chi connectivity index (χ3v) is 3.04. The van der Waals surface area contributed by atoms with Gasteiger partial charge in [0, 0.05) is 13.1 Å². The molecule has 18 heavy (non-hydrogen) atoms.